The third kappa shape index (κ3) is 3.42. The molecule has 0 bridgehead atoms. The normalized spacial score (nSPS) is 13.9. The van der Waals surface area contributed by atoms with Gasteiger partial charge in [-0.25, -0.2) is 0 Å². The number of nitrogens with one attached hydrogen (secondary N) is 1. The Kier molecular flexibility index (Phi) is 6.00. The van der Waals surface area contributed by atoms with Crippen LogP contribution in [0.3, 0.4) is 0 Å². The molecule has 0 saturated heterocycles. The lowest BCUT2D eigenvalue weighted by molar-refractivity contribution is 0.636. The number of allylic oxidation sites excluding steroid dienone is 1. The molecule has 0 amide bonds. The Labute approximate surface area is 125 Å². The van der Waals surface area contributed by atoms with E-state index in [-0.39, 0.29) is 12.4 Å². The lowest BCUT2D eigenvalue weighted by Gasteiger charge is -2.21. The van der Waals surface area contributed by atoms with Crippen LogP contribution >= 0.6 is 35.6 Å². The summed E-state index contributed by atoms with van der Waals surface area (Å²) in [6, 6.07) is 4.46. The molecule has 4 heteroatoms. The van der Waals surface area contributed by atoms with Crippen molar-refractivity contribution in [3.8, 4) is 0 Å². The van der Waals surface area contributed by atoms with E-state index >= 15 is 0 Å². The third-order valence-electron chi connectivity index (χ3n) is 3.03. The van der Waals surface area contributed by atoms with Crippen molar-refractivity contribution in [1.82, 2.24) is 5.32 Å². The monoisotopic (exact) mass is 305 g/mol. The van der Waals surface area contributed by atoms with Crippen molar-refractivity contribution >= 4 is 41.2 Å². The van der Waals surface area contributed by atoms with E-state index in [1.165, 1.54) is 16.7 Å². The molecule has 0 atom stereocenters. The fourth-order valence-corrected chi connectivity index (χ4v) is 2.56. The van der Waals surface area contributed by atoms with E-state index in [0.717, 1.165) is 24.4 Å². The molecule has 0 spiro atoms. The first kappa shape index (κ1) is 15.8. The number of hydrogen-bond acceptors (Lipinski definition) is 1. The number of benzene rings is 1. The largest absolute Gasteiger partial charge is 0.310 e. The maximum Gasteiger partial charge on any atom is 0.0630 e. The maximum atomic E-state index is 6.26. The van der Waals surface area contributed by atoms with Crippen LogP contribution in [0.25, 0.3) is 5.57 Å². The van der Waals surface area contributed by atoms with Gasteiger partial charge in [0.05, 0.1) is 10.0 Å². The number of halogens is 3. The molecule has 1 N–H and O–H groups in total. The van der Waals surface area contributed by atoms with E-state index in [9.17, 15) is 0 Å². The van der Waals surface area contributed by atoms with E-state index in [2.05, 4.69) is 31.3 Å². The minimum absolute atomic E-state index is 0. The van der Waals surface area contributed by atoms with Gasteiger partial charge >= 0.3 is 0 Å². The van der Waals surface area contributed by atoms with Gasteiger partial charge in [0, 0.05) is 12.6 Å². The van der Waals surface area contributed by atoms with Gasteiger partial charge in [-0.1, -0.05) is 49.2 Å². The molecule has 1 aliphatic rings. The molecule has 0 fully saturated rings. The zero-order valence-corrected chi connectivity index (χ0v) is 12.9. The van der Waals surface area contributed by atoms with E-state index < -0.39 is 0 Å². The predicted octanol–water partition coefficient (Wildman–Crippen LogP) is 4.74. The van der Waals surface area contributed by atoms with E-state index in [1.807, 2.05) is 6.07 Å². The second-order valence-electron chi connectivity index (χ2n) is 4.69. The van der Waals surface area contributed by atoms with Crippen molar-refractivity contribution in [2.45, 2.75) is 32.7 Å². The van der Waals surface area contributed by atoms with Crippen LogP contribution < -0.4 is 5.32 Å². The summed E-state index contributed by atoms with van der Waals surface area (Å²) in [7, 11) is 0. The molecule has 0 aliphatic heterocycles. The topological polar surface area (TPSA) is 12.0 Å². The van der Waals surface area contributed by atoms with Crippen LogP contribution in [0.5, 0.6) is 0 Å². The minimum atomic E-state index is 0. The van der Waals surface area contributed by atoms with Crippen LogP contribution in [-0.2, 0) is 6.42 Å². The van der Waals surface area contributed by atoms with Gasteiger partial charge in [0.1, 0.15) is 0 Å². The summed E-state index contributed by atoms with van der Waals surface area (Å²) < 4.78 is 0. The fourth-order valence-electron chi connectivity index (χ4n) is 2.12. The van der Waals surface area contributed by atoms with Crippen molar-refractivity contribution in [2.75, 3.05) is 6.54 Å². The van der Waals surface area contributed by atoms with E-state index in [0.29, 0.717) is 11.1 Å². The molecular formula is C14H18Cl3N. The van der Waals surface area contributed by atoms with Gasteiger partial charge < -0.3 is 5.32 Å². The van der Waals surface area contributed by atoms with Crippen LogP contribution in [0.4, 0.5) is 0 Å². The molecule has 0 heterocycles. The van der Waals surface area contributed by atoms with Crippen LogP contribution in [0.15, 0.2) is 18.2 Å². The van der Waals surface area contributed by atoms with Crippen molar-refractivity contribution in [3.05, 3.63) is 39.4 Å². The Morgan fingerprint density at radius 3 is 2.67 bits per heavy atom. The van der Waals surface area contributed by atoms with E-state index in [4.69, 9.17) is 23.2 Å². The third-order valence-corrected chi connectivity index (χ3v) is 3.87. The van der Waals surface area contributed by atoms with Gasteiger partial charge in [-0.15, -0.1) is 12.4 Å². The highest BCUT2D eigenvalue weighted by Gasteiger charge is 2.16. The summed E-state index contributed by atoms with van der Waals surface area (Å²) in [5.74, 6) is 0. The molecule has 0 aromatic heterocycles. The highest BCUT2D eigenvalue weighted by molar-refractivity contribution is 6.42. The molecule has 1 nitrogen and oxygen atoms in total. The summed E-state index contributed by atoms with van der Waals surface area (Å²) in [6.45, 7) is 5.20. The van der Waals surface area contributed by atoms with Gasteiger partial charge in [-0.05, 0) is 35.6 Å². The van der Waals surface area contributed by atoms with Crippen molar-refractivity contribution in [3.63, 3.8) is 0 Å². The Morgan fingerprint density at radius 1 is 1.28 bits per heavy atom. The fraction of sp³-hybridized carbons (Fsp3) is 0.429. The lowest BCUT2D eigenvalue weighted by atomic mass is 9.90. The minimum Gasteiger partial charge on any atom is -0.310 e. The molecule has 18 heavy (non-hydrogen) atoms. The quantitative estimate of drug-likeness (QED) is 0.850. The molecule has 100 valence electrons. The zero-order valence-electron chi connectivity index (χ0n) is 10.6. The molecule has 1 aromatic rings. The summed E-state index contributed by atoms with van der Waals surface area (Å²) >= 11 is 12.3. The maximum absolute atomic E-state index is 6.26. The second kappa shape index (κ2) is 6.81. The highest BCUT2D eigenvalue weighted by atomic mass is 35.5. The molecule has 0 unspecified atom stereocenters. The van der Waals surface area contributed by atoms with Gasteiger partial charge in [-0.3, -0.25) is 0 Å². The summed E-state index contributed by atoms with van der Waals surface area (Å²) in [6.07, 6.45) is 4.32. The van der Waals surface area contributed by atoms with E-state index in [1.54, 1.807) is 0 Å². The molecule has 2 rings (SSSR count). The number of rotatable bonds is 3. The molecule has 0 saturated carbocycles. The van der Waals surface area contributed by atoms with Gasteiger partial charge in [0.25, 0.3) is 0 Å². The molecule has 1 aromatic carbocycles. The zero-order chi connectivity index (χ0) is 12.4. The molecular weight excluding hydrogens is 289 g/mol. The number of hydrogen-bond donors (Lipinski definition) is 1. The Morgan fingerprint density at radius 2 is 2.00 bits per heavy atom. The first-order valence-corrected chi connectivity index (χ1v) is 6.75. The SMILES string of the molecule is CC(C)NCC1=CCCc2c1ccc(Cl)c2Cl.Cl. The first-order valence-electron chi connectivity index (χ1n) is 5.99. The first-order chi connectivity index (χ1) is 8.09. The molecule has 1 aliphatic carbocycles. The summed E-state index contributed by atoms with van der Waals surface area (Å²) in [4.78, 5) is 0. The lowest BCUT2D eigenvalue weighted by Crippen LogP contribution is -2.25. The van der Waals surface area contributed by atoms with Gasteiger partial charge in [0.2, 0.25) is 0 Å². The smallest absolute Gasteiger partial charge is 0.0630 e. The van der Waals surface area contributed by atoms with Crippen molar-refractivity contribution in [1.29, 1.82) is 0 Å². The summed E-state index contributed by atoms with van der Waals surface area (Å²) in [5.41, 5.74) is 3.78. The van der Waals surface area contributed by atoms with Crippen LogP contribution in [0.2, 0.25) is 10.0 Å². The van der Waals surface area contributed by atoms with Crippen molar-refractivity contribution in [2.24, 2.45) is 0 Å². The number of fused-ring (bicyclic) bond motifs is 1. The average Bonchev–Trinajstić information content (AvgIpc) is 2.31. The van der Waals surface area contributed by atoms with Crippen molar-refractivity contribution < 1.29 is 0 Å². The standard InChI is InChI=1S/C14H17Cl2N.ClH/c1-9(2)17-8-10-4-3-5-12-11(10)6-7-13(15)14(12)16;/h4,6-7,9,17H,3,5,8H2,1-2H3;1H. The van der Waals surface area contributed by atoms with Gasteiger partial charge in [-0.2, -0.15) is 0 Å². The summed E-state index contributed by atoms with van der Waals surface area (Å²) in [5, 5.41) is 4.82. The van der Waals surface area contributed by atoms with Crippen LogP contribution in [0.1, 0.15) is 31.4 Å². The Balaban J connectivity index is 0.00000162. The second-order valence-corrected chi connectivity index (χ2v) is 5.48. The van der Waals surface area contributed by atoms with Gasteiger partial charge in [0.15, 0.2) is 0 Å². The van der Waals surface area contributed by atoms with Crippen LogP contribution in [0, 0.1) is 0 Å². The molecule has 0 radical (unpaired) electrons. The Bertz CT molecular complexity index is 453. The predicted molar refractivity (Wildman–Crippen MR) is 83.1 cm³/mol. The van der Waals surface area contributed by atoms with Crippen LogP contribution in [-0.4, -0.2) is 12.6 Å². The highest BCUT2D eigenvalue weighted by Crippen LogP contribution is 2.35. The Hall–Kier alpha value is -0.210. The average molecular weight is 307 g/mol.